The van der Waals surface area contributed by atoms with Gasteiger partial charge in [0, 0.05) is 5.39 Å². The predicted octanol–water partition coefficient (Wildman–Crippen LogP) is 2.66. The smallest absolute Gasteiger partial charge is 0.341 e. The van der Waals surface area contributed by atoms with Crippen molar-refractivity contribution in [2.24, 2.45) is 0 Å². The summed E-state index contributed by atoms with van der Waals surface area (Å²) in [6.07, 6.45) is 1.48. The molecule has 0 atom stereocenters. The Morgan fingerprint density at radius 2 is 2.10 bits per heavy atom. The van der Waals surface area contributed by atoms with E-state index in [1.54, 1.807) is 25.1 Å². The van der Waals surface area contributed by atoms with Crippen LogP contribution in [0.2, 0.25) is 5.02 Å². The highest BCUT2D eigenvalue weighted by molar-refractivity contribution is 6.36. The molecule has 1 aromatic heterocycles. The summed E-state index contributed by atoms with van der Waals surface area (Å²) in [7, 11) is 1.46. The zero-order valence-corrected chi connectivity index (χ0v) is 12.4. The van der Waals surface area contributed by atoms with Gasteiger partial charge in [-0.25, -0.2) is 4.79 Å². The summed E-state index contributed by atoms with van der Waals surface area (Å²) in [5.41, 5.74) is 0.612. The molecule has 0 amide bonds. The maximum absolute atomic E-state index is 12.4. The lowest BCUT2D eigenvalue weighted by molar-refractivity contribution is -0.138. The van der Waals surface area contributed by atoms with Crippen molar-refractivity contribution in [1.29, 1.82) is 0 Å². The first-order valence-corrected chi connectivity index (χ1v) is 6.63. The molecule has 5 nitrogen and oxygen atoms in total. The van der Waals surface area contributed by atoms with Crippen LogP contribution < -0.4 is 4.84 Å². The summed E-state index contributed by atoms with van der Waals surface area (Å²) in [6.45, 7) is 5.34. The van der Waals surface area contributed by atoms with Crippen molar-refractivity contribution >= 4 is 34.3 Å². The molecule has 0 saturated heterocycles. The van der Waals surface area contributed by atoms with Gasteiger partial charge in [0.2, 0.25) is 5.78 Å². The van der Waals surface area contributed by atoms with Crippen molar-refractivity contribution < 1.29 is 19.2 Å². The molecule has 0 N–H and O–H groups in total. The highest BCUT2D eigenvalue weighted by Gasteiger charge is 2.23. The summed E-state index contributed by atoms with van der Waals surface area (Å²) in [6, 6.07) is 5.13. The minimum absolute atomic E-state index is 0.177. The first kappa shape index (κ1) is 15.1. The first-order chi connectivity index (χ1) is 10.0. The molecule has 0 fully saturated rings. The SMILES string of the molecule is C=C(C(=O)OCC)C(=O)c1cn(OC)c2c(Cl)cccc12. The van der Waals surface area contributed by atoms with Crippen LogP contribution in [0.1, 0.15) is 17.3 Å². The van der Waals surface area contributed by atoms with E-state index in [1.165, 1.54) is 18.0 Å². The van der Waals surface area contributed by atoms with Crippen LogP contribution in [0.4, 0.5) is 0 Å². The summed E-state index contributed by atoms with van der Waals surface area (Å²) in [5.74, 6) is -1.25. The van der Waals surface area contributed by atoms with Crippen LogP contribution in [0, 0.1) is 0 Å². The Bertz CT molecular complexity index is 733. The monoisotopic (exact) mass is 307 g/mol. The normalized spacial score (nSPS) is 10.4. The molecule has 110 valence electrons. The van der Waals surface area contributed by atoms with E-state index in [2.05, 4.69) is 6.58 Å². The van der Waals surface area contributed by atoms with E-state index >= 15 is 0 Å². The van der Waals surface area contributed by atoms with Crippen LogP contribution >= 0.6 is 11.6 Å². The molecular formula is C15H14ClNO4. The summed E-state index contributed by atoms with van der Waals surface area (Å²) in [5, 5.41) is 1.02. The number of para-hydroxylation sites is 1. The minimum atomic E-state index is -0.733. The van der Waals surface area contributed by atoms with Gasteiger partial charge in [0.25, 0.3) is 0 Å². The Kier molecular flexibility index (Phi) is 4.33. The van der Waals surface area contributed by atoms with Crippen molar-refractivity contribution in [2.45, 2.75) is 6.92 Å². The molecule has 0 spiro atoms. The number of hydrogen-bond acceptors (Lipinski definition) is 4. The fourth-order valence-corrected chi connectivity index (χ4v) is 2.26. The molecule has 6 heteroatoms. The molecule has 0 aliphatic heterocycles. The highest BCUT2D eigenvalue weighted by Crippen LogP contribution is 2.28. The van der Waals surface area contributed by atoms with Gasteiger partial charge in [-0.05, 0) is 13.0 Å². The second-order valence-electron chi connectivity index (χ2n) is 4.22. The fourth-order valence-electron chi connectivity index (χ4n) is 2.01. The largest absolute Gasteiger partial charge is 0.462 e. The van der Waals surface area contributed by atoms with E-state index in [-0.39, 0.29) is 17.7 Å². The number of benzene rings is 1. The fraction of sp³-hybridized carbons (Fsp3) is 0.200. The topological polar surface area (TPSA) is 57.5 Å². The van der Waals surface area contributed by atoms with Gasteiger partial charge in [-0.15, -0.1) is 0 Å². The van der Waals surface area contributed by atoms with E-state index in [0.717, 1.165) is 0 Å². The molecule has 0 aliphatic carbocycles. The van der Waals surface area contributed by atoms with E-state index in [4.69, 9.17) is 21.2 Å². The Hall–Kier alpha value is -2.27. The summed E-state index contributed by atoms with van der Waals surface area (Å²) >= 11 is 6.12. The van der Waals surface area contributed by atoms with Crippen molar-refractivity contribution in [3.63, 3.8) is 0 Å². The van der Waals surface area contributed by atoms with Gasteiger partial charge in [-0.1, -0.05) is 30.3 Å². The molecule has 21 heavy (non-hydrogen) atoms. The minimum Gasteiger partial charge on any atom is -0.462 e. The number of ether oxygens (including phenoxy) is 1. The number of esters is 1. The van der Waals surface area contributed by atoms with Gasteiger partial charge in [0.15, 0.2) is 0 Å². The second-order valence-corrected chi connectivity index (χ2v) is 4.62. The van der Waals surface area contributed by atoms with Crippen LogP contribution in [0.3, 0.4) is 0 Å². The number of ketones is 1. The third-order valence-corrected chi connectivity index (χ3v) is 3.29. The number of rotatable bonds is 5. The van der Waals surface area contributed by atoms with Crippen LogP contribution in [-0.4, -0.2) is 30.2 Å². The molecule has 2 rings (SSSR count). The zero-order valence-electron chi connectivity index (χ0n) is 11.7. The first-order valence-electron chi connectivity index (χ1n) is 6.26. The van der Waals surface area contributed by atoms with Crippen molar-refractivity contribution in [3.8, 4) is 0 Å². The molecule has 0 bridgehead atoms. The Labute approximate surface area is 126 Å². The lowest BCUT2D eigenvalue weighted by Gasteiger charge is -2.03. The predicted molar refractivity (Wildman–Crippen MR) is 79.6 cm³/mol. The number of aromatic nitrogens is 1. The lowest BCUT2D eigenvalue weighted by Crippen LogP contribution is -2.15. The Balaban J connectivity index is 2.52. The van der Waals surface area contributed by atoms with Crippen LogP contribution in [-0.2, 0) is 9.53 Å². The molecule has 1 aromatic carbocycles. The maximum Gasteiger partial charge on any atom is 0.341 e. The van der Waals surface area contributed by atoms with Crippen LogP contribution in [0.5, 0.6) is 0 Å². The van der Waals surface area contributed by atoms with E-state index in [9.17, 15) is 9.59 Å². The number of carbonyl (C=O) groups excluding carboxylic acids is 2. The van der Waals surface area contributed by atoms with Gasteiger partial charge in [-0.3, -0.25) is 4.79 Å². The van der Waals surface area contributed by atoms with E-state index in [1.807, 2.05) is 0 Å². The van der Waals surface area contributed by atoms with E-state index in [0.29, 0.717) is 15.9 Å². The van der Waals surface area contributed by atoms with Gasteiger partial charge < -0.3 is 9.57 Å². The van der Waals surface area contributed by atoms with Crippen molar-refractivity contribution in [1.82, 2.24) is 4.73 Å². The maximum atomic E-state index is 12.4. The number of carbonyl (C=O) groups is 2. The Morgan fingerprint density at radius 1 is 1.38 bits per heavy atom. The summed E-state index contributed by atoms with van der Waals surface area (Å²) < 4.78 is 6.17. The Morgan fingerprint density at radius 3 is 2.71 bits per heavy atom. The average Bonchev–Trinajstić information content (AvgIpc) is 2.86. The number of nitrogens with zero attached hydrogens (tertiary/aromatic N) is 1. The molecule has 0 saturated carbocycles. The summed E-state index contributed by atoms with van der Waals surface area (Å²) in [4.78, 5) is 29.2. The van der Waals surface area contributed by atoms with Crippen molar-refractivity contribution in [3.05, 3.63) is 47.1 Å². The third-order valence-electron chi connectivity index (χ3n) is 2.98. The van der Waals surface area contributed by atoms with Crippen LogP contribution in [0.25, 0.3) is 10.9 Å². The van der Waals surface area contributed by atoms with Gasteiger partial charge >= 0.3 is 5.97 Å². The van der Waals surface area contributed by atoms with Gasteiger partial charge in [0.05, 0.1) is 23.4 Å². The second kappa shape index (κ2) is 6.01. The number of fused-ring (bicyclic) bond motifs is 1. The molecule has 0 unspecified atom stereocenters. The van der Waals surface area contributed by atoms with Crippen LogP contribution in [0.15, 0.2) is 36.5 Å². The molecule has 1 heterocycles. The lowest BCUT2D eigenvalue weighted by atomic mass is 10.0. The van der Waals surface area contributed by atoms with Gasteiger partial charge in [-0.2, -0.15) is 4.73 Å². The molecule has 2 aromatic rings. The zero-order chi connectivity index (χ0) is 15.6. The molecule has 0 aliphatic rings. The van der Waals surface area contributed by atoms with E-state index < -0.39 is 11.8 Å². The quantitative estimate of drug-likeness (QED) is 0.280. The standard InChI is InChI=1S/C15H14ClNO4/c1-4-21-15(19)9(2)14(18)11-8-17(20-3)13-10(11)6-5-7-12(13)16/h5-8H,2,4H2,1,3H3. The molecular weight excluding hydrogens is 294 g/mol. The number of hydrogen-bond donors (Lipinski definition) is 0. The van der Waals surface area contributed by atoms with Gasteiger partial charge in [0.1, 0.15) is 18.2 Å². The number of halogens is 1. The number of Topliss-reactive ketones (excluding diaryl/α,β-unsaturated/α-hetero) is 1. The third kappa shape index (κ3) is 2.64. The average molecular weight is 308 g/mol. The molecule has 0 radical (unpaired) electrons. The van der Waals surface area contributed by atoms with Crippen molar-refractivity contribution in [2.75, 3.05) is 13.7 Å². The highest BCUT2D eigenvalue weighted by atomic mass is 35.5.